The highest BCUT2D eigenvalue weighted by Gasteiger charge is 2.39. The van der Waals surface area contributed by atoms with Gasteiger partial charge in [0.05, 0.1) is 12.7 Å². The molecule has 0 aromatic heterocycles. The third-order valence-corrected chi connectivity index (χ3v) is 4.92. The fourth-order valence-electron chi connectivity index (χ4n) is 2.33. The number of ether oxygens (including phenoxy) is 2. The van der Waals surface area contributed by atoms with Crippen LogP contribution in [-0.4, -0.2) is 41.6 Å². The van der Waals surface area contributed by atoms with E-state index in [2.05, 4.69) is 20.8 Å². The summed E-state index contributed by atoms with van der Waals surface area (Å²) in [6.07, 6.45) is 0.457. The van der Waals surface area contributed by atoms with E-state index in [9.17, 15) is 4.79 Å². The zero-order valence-electron chi connectivity index (χ0n) is 12.3. The molecule has 4 nitrogen and oxygen atoms in total. The lowest BCUT2D eigenvalue weighted by Gasteiger charge is -2.43. The van der Waals surface area contributed by atoms with Crippen molar-refractivity contribution in [2.24, 2.45) is 17.8 Å². The smallest absolute Gasteiger partial charge is 0.185 e. The molecule has 0 amide bonds. The molecule has 1 N–H and O–H groups in total. The number of hydrogen-bond acceptors (Lipinski definition) is 5. The van der Waals surface area contributed by atoms with Crippen LogP contribution in [-0.2, 0) is 14.3 Å². The second kappa shape index (κ2) is 8.25. The maximum Gasteiger partial charge on any atom is 0.185 e. The van der Waals surface area contributed by atoms with Crippen LogP contribution >= 0.6 is 11.8 Å². The molecule has 5 atom stereocenters. The van der Waals surface area contributed by atoms with Crippen LogP contribution in [0, 0.1) is 17.8 Å². The molecule has 0 saturated carbocycles. The average molecular weight is 290 g/mol. The summed E-state index contributed by atoms with van der Waals surface area (Å²) in [5.74, 6) is 1.92. The van der Waals surface area contributed by atoms with Crippen LogP contribution in [0.4, 0.5) is 0 Å². The highest BCUT2D eigenvalue weighted by molar-refractivity contribution is 8.13. The first-order valence-corrected chi connectivity index (χ1v) is 7.97. The molecule has 0 aliphatic carbocycles. The lowest BCUT2D eigenvalue weighted by molar-refractivity contribution is -0.242. The topological polar surface area (TPSA) is 55.8 Å². The fraction of sp³-hybridized carbons (Fsp3) is 0.929. The summed E-state index contributed by atoms with van der Waals surface area (Å²) >= 11 is 1.32. The standard InChI is InChI=1S/C14H26O4S/c1-9-10(2)13(8-19-12(4)16)18-14(11(9)3)17-7-5-6-15/h9-11,13-15H,5-8H2,1-4H3/t9-,10-,11+,13+,14?/m0/s1. The minimum atomic E-state index is -0.227. The summed E-state index contributed by atoms with van der Waals surface area (Å²) < 4.78 is 11.7. The van der Waals surface area contributed by atoms with E-state index in [-0.39, 0.29) is 24.1 Å². The highest BCUT2D eigenvalue weighted by Crippen LogP contribution is 2.36. The molecule has 0 spiro atoms. The van der Waals surface area contributed by atoms with Gasteiger partial charge in [-0.1, -0.05) is 32.5 Å². The Morgan fingerprint density at radius 3 is 2.53 bits per heavy atom. The van der Waals surface area contributed by atoms with E-state index < -0.39 is 0 Å². The van der Waals surface area contributed by atoms with Gasteiger partial charge in [0.15, 0.2) is 11.4 Å². The first-order chi connectivity index (χ1) is 8.97. The fourth-order valence-corrected chi connectivity index (χ4v) is 3.11. The Hall–Kier alpha value is -0.100. The van der Waals surface area contributed by atoms with E-state index in [0.717, 1.165) is 0 Å². The van der Waals surface area contributed by atoms with Crippen LogP contribution < -0.4 is 0 Å². The van der Waals surface area contributed by atoms with E-state index in [1.54, 1.807) is 6.92 Å². The molecule has 1 aliphatic rings. The molecule has 1 heterocycles. The van der Waals surface area contributed by atoms with Gasteiger partial charge in [0.25, 0.3) is 0 Å². The molecule has 1 saturated heterocycles. The molecule has 0 bridgehead atoms. The Bertz CT molecular complexity index is 285. The molecule has 0 aromatic rings. The van der Waals surface area contributed by atoms with E-state index >= 15 is 0 Å². The van der Waals surface area contributed by atoms with Crippen LogP contribution in [0.2, 0.25) is 0 Å². The Morgan fingerprint density at radius 1 is 1.26 bits per heavy atom. The lowest BCUT2D eigenvalue weighted by Crippen LogP contribution is -2.47. The maximum atomic E-state index is 11.1. The second-order valence-corrected chi connectivity index (χ2v) is 6.57. The van der Waals surface area contributed by atoms with Crippen molar-refractivity contribution in [1.29, 1.82) is 0 Å². The van der Waals surface area contributed by atoms with Crippen LogP contribution in [0.25, 0.3) is 0 Å². The van der Waals surface area contributed by atoms with Gasteiger partial charge in [0.2, 0.25) is 0 Å². The number of thioether (sulfide) groups is 1. The van der Waals surface area contributed by atoms with Gasteiger partial charge in [-0.25, -0.2) is 0 Å². The first kappa shape index (κ1) is 17.0. The summed E-state index contributed by atoms with van der Waals surface area (Å²) in [6.45, 7) is 8.76. The number of carbonyl (C=O) groups is 1. The van der Waals surface area contributed by atoms with Crippen LogP contribution in [0.1, 0.15) is 34.1 Å². The number of hydrogen-bond donors (Lipinski definition) is 1. The maximum absolute atomic E-state index is 11.1. The molecule has 1 fully saturated rings. The Labute approximate surface area is 120 Å². The molecule has 1 rings (SSSR count). The van der Waals surface area contributed by atoms with Gasteiger partial charge in [-0.3, -0.25) is 4.79 Å². The average Bonchev–Trinajstić information content (AvgIpc) is 2.37. The zero-order valence-corrected chi connectivity index (χ0v) is 13.1. The molecular weight excluding hydrogens is 264 g/mol. The van der Waals surface area contributed by atoms with Crippen LogP contribution in [0.15, 0.2) is 0 Å². The largest absolute Gasteiger partial charge is 0.396 e. The first-order valence-electron chi connectivity index (χ1n) is 6.98. The SMILES string of the molecule is CC(=O)SC[C@H]1OC(OCCCO)[C@H](C)[C@@H](C)[C@@H]1C. The summed E-state index contributed by atoms with van der Waals surface area (Å²) in [4.78, 5) is 11.1. The third-order valence-electron chi connectivity index (χ3n) is 4.02. The van der Waals surface area contributed by atoms with Gasteiger partial charge in [-0.2, -0.15) is 0 Å². The van der Waals surface area contributed by atoms with Crippen molar-refractivity contribution < 1.29 is 19.4 Å². The monoisotopic (exact) mass is 290 g/mol. The van der Waals surface area contributed by atoms with E-state index in [1.807, 2.05) is 0 Å². The normalized spacial score (nSPS) is 35.3. The predicted octanol–water partition coefficient (Wildman–Crippen LogP) is 2.30. The second-order valence-electron chi connectivity index (χ2n) is 5.37. The van der Waals surface area contributed by atoms with Crippen molar-refractivity contribution in [3.8, 4) is 0 Å². The summed E-state index contributed by atoms with van der Waals surface area (Å²) in [5.41, 5.74) is 0. The predicted molar refractivity (Wildman–Crippen MR) is 76.9 cm³/mol. The van der Waals surface area contributed by atoms with Gasteiger partial charge >= 0.3 is 0 Å². The van der Waals surface area contributed by atoms with Crippen LogP contribution in [0.5, 0.6) is 0 Å². The number of rotatable bonds is 6. The van der Waals surface area contributed by atoms with E-state index in [4.69, 9.17) is 14.6 Å². The minimum absolute atomic E-state index is 0.0548. The lowest BCUT2D eigenvalue weighted by atomic mass is 9.79. The number of carbonyl (C=O) groups excluding carboxylic acids is 1. The van der Waals surface area contributed by atoms with Gasteiger partial charge in [0, 0.05) is 25.2 Å². The van der Waals surface area contributed by atoms with Gasteiger partial charge < -0.3 is 14.6 Å². The highest BCUT2D eigenvalue weighted by atomic mass is 32.2. The summed E-state index contributed by atoms with van der Waals surface area (Å²) in [6, 6.07) is 0. The van der Waals surface area contributed by atoms with Crippen molar-refractivity contribution >= 4 is 16.9 Å². The number of aliphatic hydroxyl groups is 1. The number of aliphatic hydroxyl groups excluding tert-OH is 1. The Balaban J connectivity index is 2.54. The quantitative estimate of drug-likeness (QED) is 0.761. The Morgan fingerprint density at radius 2 is 1.95 bits per heavy atom. The molecular formula is C14H26O4S. The van der Waals surface area contributed by atoms with Crippen molar-refractivity contribution in [2.75, 3.05) is 19.0 Å². The molecule has 1 aliphatic heterocycles. The molecule has 0 radical (unpaired) electrons. The van der Waals surface area contributed by atoms with Crippen LogP contribution in [0.3, 0.4) is 0 Å². The molecule has 5 heteroatoms. The molecule has 112 valence electrons. The molecule has 1 unspecified atom stereocenters. The summed E-state index contributed by atoms with van der Waals surface area (Å²) in [5, 5.41) is 8.92. The molecule has 0 aromatic carbocycles. The van der Waals surface area contributed by atoms with Gasteiger partial charge in [-0.15, -0.1) is 0 Å². The van der Waals surface area contributed by atoms with Gasteiger partial charge in [-0.05, 0) is 18.3 Å². The zero-order chi connectivity index (χ0) is 14.4. The van der Waals surface area contributed by atoms with Crippen molar-refractivity contribution in [1.82, 2.24) is 0 Å². The van der Waals surface area contributed by atoms with E-state index in [0.29, 0.717) is 36.5 Å². The van der Waals surface area contributed by atoms with E-state index in [1.165, 1.54) is 11.8 Å². The third kappa shape index (κ3) is 5.06. The van der Waals surface area contributed by atoms with Crippen molar-refractivity contribution in [2.45, 2.75) is 46.5 Å². The van der Waals surface area contributed by atoms with Crippen molar-refractivity contribution in [3.63, 3.8) is 0 Å². The summed E-state index contributed by atoms with van der Waals surface area (Å²) in [7, 11) is 0. The van der Waals surface area contributed by atoms with Gasteiger partial charge in [0.1, 0.15) is 0 Å². The Kier molecular flexibility index (Phi) is 7.36. The minimum Gasteiger partial charge on any atom is -0.396 e. The molecule has 19 heavy (non-hydrogen) atoms. The van der Waals surface area contributed by atoms with Crippen molar-refractivity contribution in [3.05, 3.63) is 0 Å².